The van der Waals surface area contributed by atoms with Gasteiger partial charge in [0, 0.05) is 29.6 Å². The summed E-state index contributed by atoms with van der Waals surface area (Å²) in [6, 6.07) is 13.0. The number of ketones is 1. The zero-order valence-electron chi connectivity index (χ0n) is 18.4. The van der Waals surface area contributed by atoms with Crippen LogP contribution in [0.1, 0.15) is 42.5 Å². The fraction of sp³-hybridized carbons (Fsp3) is 0.231. The summed E-state index contributed by atoms with van der Waals surface area (Å²) in [5.74, 6) is -1.27. The van der Waals surface area contributed by atoms with Crippen LogP contribution in [0.25, 0.3) is 5.76 Å². The minimum Gasteiger partial charge on any atom is -0.872 e. The van der Waals surface area contributed by atoms with Gasteiger partial charge in [0.05, 0.1) is 19.2 Å². The van der Waals surface area contributed by atoms with E-state index in [-0.39, 0.29) is 12.1 Å². The Bertz CT molecular complexity index is 1150. The van der Waals surface area contributed by atoms with Crippen molar-refractivity contribution in [3.63, 3.8) is 0 Å². The Morgan fingerprint density at radius 2 is 1.88 bits per heavy atom. The largest absolute Gasteiger partial charge is 0.872 e. The van der Waals surface area contributed by atoms with Gasteiger partial charge in [-0.05, 0) is 47.9 Å². The van der Waals surface area contributed by atoms with Crippen LogP contribution in [0.5, 0.6) is 5.75 Å². The summed E-state index contributed by atoms with van der Waals surface area (Å²) in [6.45, 7) is 2.88. The highest BCUT2D eigenvalue weighted by Crippen LogP contribution is 2.39. The molecule has 1 fully saturated rings. The van der Waals surface area contributed by atoms with Crippen LogP contribution >= 0.6 is 0 Å². The third kappa shape index (κ3) is 4.77. The molecule has 1 aromatic carbocycles. The molecule has 0 saturated carbocycles. The lowest BCUT2D eigenvalue weighted by atomic mass is 9.96. The Morgan fingerprint density at radius 1 is 1.12 bits per heavy atom. The SMILES string of the molecule is CCCCOc1ccc(/C([O-])=C2\C(=O)C(=O)N(Cc3ccc[nH+]c3)C2c2ccncc2)cc1. The van der Waals surface area contributed by atoms with Crippen LogP contribution in [0.15, 0.2) is 78.9 Å². The summed E-state index contributed by atoms with van der Waals surface area (Å²) < 4.78 is 5.66. The minimum absolute atomic E-state index is 0.0502. The molecule has 1 unspecified atom stereocenters. The number of H-pyrrole nitrogens is 1. The second-order valence-electron chi connectivity index (χ2n) is 7.83. The molecule has 2 aromatic heterocycles. The lowest BCUT2D eigenvalue weighted by molar-refractivity contribution is -0.378. The van der Waals surface area contributed by atoms with Crippen LogP contribution in [-0.2, 0) is 16.1 Å². The zero-order chi connectivity index (χ0) is 23.2. The molecule has 1 saturated heterocycles. The number of aromatic nitrogens is 2. The first-order chi connectivity index (χ1) is 16.1. The van der Waals surface area contributed by atoms with Crippen LogP contribution < -0.4 is 14.8 Å². The predicted molar refractivity (Wildman–Crippen MR) is 119 cm³/mol. The van der Waals surface area contributed by atoms with Gasteiger partial charge in [-0.15, -0.1) is 0 Å². The second kappa shape index (κ2) is 10.1. The molecule has 0 radical (unpaired) electrons. The highest BCUT2D eigenvalue weighted by atomic mass is 16.5. The second-order valence-corrected chi connectivity index (χ2v) is 7.83. The van der Waals surface area contributed by atoms with Gasteiger partial charge >= 0.3 is 0 Å². The van der Waals surface area contributed by atoms with Gasteiger partial charge in [-0.1, -0.05) is 31.2 Å². The Hall–Kier alpha value is -4.00. The van der Waals surface area contributed by atoms with Crippen LogP contribution in [0, 0.1) is 0 Å². The van der Waals surface area contributed by atoms with E-state index in [1.54, 1.807) is 61.2 Å². The van der Waals surface area contributed by atoms with Gasteiger partial charge in [0.15, 0.2) is 12.4 Å². The van der Waals surface area contributed by atoms with E-state index in [9.17, 15) is 14.7 Å². The normalized spacial score (nSPS) is 17.4. The molecule has 1 aliphatic heterocycles. The number of hydrogen-bond donors (Lipinski definition) is 0. The summed E-state index contributed by atoms with van der Waals surface area (Å²) >= 11 is 0. The van der Waals surface area contributed by atoms with Crippen molar-refractivity contribution in [2.75, 3.05) is 6.61 Å². The van der Waals surface area contributed by atoms with E-state index in [4.69, 9.17) is 4.74 Å². The van der Waals surface area contributed by atoms with Gasteiger partial charge in [-0.25, -0.2) is 4.98 Å². The fourth-order valence-corrected chi connectivity index (χ4v) is 3.84. The standard InChI is InChI=1S/C26H25N3O4/c1-2-3-15-33-21-8-6-20(7-9-21)24(30)22-23(19-10-13-27-14-11-19)29(26(32)25(22)31)17-18-5-4-12-28-16-18/h4-14,16,23,30H,2-3,15,17H2,1H3/b24-22+. The molecule has 1 atom stereocenters. The van der Waals surface area contributed by atoms with Crippen molar-refractivity contribution >= 4 is 17.4 Å². The highest BCUT2D eigenvalue weighted by Gasteiger charge is 2.44. The molecule has 7 nitrogen and oxygen atoms in total. The molecule has 33 heavy (non-hydrogen) atoms. The van der Waals surface area contributed by atoms with Crippen molar-refractivity contribution in [2.45, 2.75) is 32.4 Å². The zero-order valence-corrected chi connectivity index (χ0v) is 18.4. The van der Waals surface area contributed by atoms with E-state index in [0.29, 0.717) is 23.5 Å². The fourth-order valence-electron chi connectivity index (χ4n) is 3.84. The number of unbranched alkanes of at least 4 members (excludes halogenated alkanes) is 1. The van der Waals surface area contributed by atoms with E-state index >= 15 is 0 Å². The van der Waals surface area contributed by atoms with E-state index in [1.807, 2.05) is 12.1 Å². The molecule has 0 bridgehead atoms. The summed E-state index contributed by atoms with van der Waals surface area (Å²) in [5, 5.41) is 13.5. The average Bonchev–Trinajstić information content (AvgIpc) is 3.10. The first-order valence-electron chi connectivity index (χ1n) is 10.9. The number of Topliss-reactive ketones (excluding diaryl/α,β-unsaturated/α-hetero) is 1. The number of amides is 1. The van der Waals surface area contributed by atoms with Crippen LogP contribution in [0.2, 0.25) is 0 Å². The van der Waals surface area contributed by atoms with Gasteiger partial charge in [-0.2, -0.15) is 0 Å². The Kier molecular flexibility index (Phi) is 6.78. The first-order valence-corrected chi connectivity index (χ1v) is 10.9. The lowest BCUT2D eigenvalue weighted by Gasteiger charge is -2.27. The smallest absolute Gasteiger partial charge is 0.295 e. The number of likely N-dealkylation sites (tertiary alicyclic amines) is 1. The van der Waals surface area contributed by atoms with Gasteiger partial charge in [0.25, 0.3) is 5.91 Å². The third-order valence-corrected chi connectivity index (χ3v) is 5.56. The number of ether oxygens (including phenoxy) is 1. The van der Waals surface area contributed by atoms with Crippen molar-refractivity contribution in [1.82, 2.24) is 9.88 Å². The summed E-state index contributed by atoms with van der Waals surface area (Å²) in [7, 11) is 0. The maximum Gasteiger partial charge on any atom is 0.295 e. The number of pyridine rings is 2. The van der Waals surface area contributed by atoms with E-state index in [2.05, 4.69) is 16.9 Å². The molecule has 0 spiro atoms. The number of nitrogens with one attached hydrogen (secondary N) is 1. The lowest BCUT2D eigenvalue weighted by Crippen LogP contribution is -2.29. The molecule has 7 heteroatoms. The predicted octanol–water partition coefficient (Wildman–Crippen LogP) is 2.50. The molecule has 168 valence electrons. The number of nitrogens with zero attached hydrogens (tertiary/aromatic N) is 2. The van der Waals surface area contributed by atoms with Crippen molar-refractivity contribution in [2.24, 2.45) is 0 Å². The molecule has 1 aliphatic rings. The molecule has 3 heterocycles. The number of aromatic amines is 1. The quantitative estimate of drug-likeness (QED) is 0.231. The number of rotatable bonds is 8. The maximum absolute atomic E-state index is 13.5. The molecular formula is C26H25N3O4. The van der Waals surface area contributed by atoms with Crippen molar-refractivity contribution in [3.8, 4) is 5.75 Å². The Morgan fingerprint density at radius 3 is 2.55 bits per heavy atom. The third-order valence-electron chi connectivity index (χ3n) is 5.56. The number of hydrogen-bond acceptors (Lipinski definition) is 5. The van der Waals surface area contributed by atoms with Gasteiger partial charge in [-0.3, -0.25) is 14.6 Å². The Balaban J connectivity index is 1.72. The van der Waals surface area contributed by atoms with Crippen LogP contribution in [0.4, 0.5) is 0 Å². The average molecular weight is 444 g/mol. The van der Waals surface area contributed by atoms with E-state index in [0.717, 1.165) is 18.4 Å². The highest BCUT2D eigenvalue weighted by molar-refractivity contribution is 6.46. The summed E-state index contributed by atoms with van der Waals surface area (Å²) in [6.07, 6.45) is 8.66. The minimum atomic E-state index is -0.791. The number of carbonyl (C=O) groups is 2. The van der Waals surface area contributed by atoms with Crippen LogP contribution in [-0.4, -0.2) is 28.2 Å². The topological polar surface area (TPSA) is 96.7 Å². The van der Waals surface area contributed by atoms with E-state index in [1.165, 1.54) is 4.90 Å². The maximum atomic E-state index is 13.5. The number of benzene rings is 1. The van der Waals surface area contributed by atoms with Gasteiger partial charge < -0.3 is 14.7 Å². The van der Waals surface area contributed by atoms with Crippen molar-refractivity contribution < 1.29 is 24.4 Å². The monoisotopic (exact) mass is 443 g/mol. The van der Waals surface area contributed by atoms with Gasteiger partial charge in [0.2, 0.25) is 5.78 Å². The van der Waals surface area contributed by atoms with Crippen LogP contribution in [0.3, 0.4) is 0 Å². The van der Waals surface area contributed by atoms with Crippen molar-refractivity contribution in [1.29, 1.82) is 0 Å². The van der Waals surface area contributed by atoms with E-state index < -0.39 is 23.5 Å². The molecular weight excluding hydrogens is 418 g/mol. The Labute approximate surface area is 192 Å². The molecule has 3 aromatic rings. The first kappa shape index (κ1) is 22.2. The molecule has 1 N–H and O–H groups in total. The molecule has 4 rings (SSSR count). The van der Waals surface area contributed by atoms with Crippen molar-refractivity contribution in [3.05, 3.63) is 95.6 Å². The summed E-state index contributed by atoms with van der Waals surface area (Å²) in [5.41, 5.74) is 1.76. The van der Waals surface area contributed by atoms with Gasteiger partial charge in [0.1, 0.15) is 5.75 Å². The molecule has 1 amide bonds. The summed E-state index contributed by atoms with van der Waals surface area (Å²) in [4.78, 5) is 34.5. The number of carbonyl (C=O) groups excluding carboxylic acids is 2. The molecule has 0 aliphatic carbocycles.